The average molecular weight is 184 g/mol. The van der Waals surface area contributed by atoms with Gasteiger partial charge < -0.3 is 9.47 Å². The van der Waals surface area contributed by atoms with Crippen LogP contribution in [0.3, 0.4) is 0 Å². The van der Waals surface area contributed by atoms with Crippen molar-refractivity contribution in [3.8, 4) is 0 Å². The van der Waals surface area contributed by atoms with Gasteiger partial charge in [-0.25, -0.2) is 0 Å². The molecule has 1 saturated heterocycles. The van der Waals surface area contributed by atoms with E-state index < -0.39 is 0 Å². The fourth-order valence-corrected chi connectivity index (χ4v) is 1.60. The van der Waals surface area contributed by atoms with E-state index in [2.05, 4.69) is 0 Å². The van der Waals surface area contributed by atoms with E-state index in [0.29, 0.717) is 5.92 Å². The van der Waals surface area contributed by atoms with Crippen molar-refractivity contribution in [1.82, 2.24) is 0 Å². The van der Waals surface area contributed by atoms with Gasteiger partial charge in [0.15, 0.2) is 0 Å². The molecule has 0 saturated carbocycles. The maximum Gasteiger partial charge on any atom is 0.0876 e. The van der Waals surface area contributed by atoms with Gasteiger partial charge in [0.05, 0.1) is 12.9 Å². The second-order valence-corrected chi connectivity index (χ2v) is 3.57. The second kappa shape index (κ2) is 6.96. The van der Waals surface area contributed by atoms with Crippen molar-refractivity contribution in [1.29, 1.82) is 0 Å². The van der Waals surface area contributed by atoms with Crippen LogP contribution in [0.1, 0.15) is 32.6 Å². The summed E-state index contributed by atoms with van der Waals surface area (Å²) in [5.74, 6) is 0.716. The lowest BCUT2D eigenvalue weighted by molar-refractivity contribution is 0.102. The zero-order chi connectivity index (χ0) is 9.36. The van der Waals surface area contributed by atoms with Gasteiger partial charge in [-0.05, 0) is 32.1 Å². The van der Waals surface area contributed by atoms with E-state index in [-0.39, 0.29) is 0 Å². The van der Waals surface area contributed by atoms with Gasteiger partial charge in [-0.2, -0.15) is 0 Å². The number of rotatable bonds is 4. The first-order chi connectivity index (χ1) is 6.43. The van der Waals surface area contributed by atoms with E-state index >= 15 is 0 Å². The quantitative estimate of drug-likeness (QED) is 0.494. The summed E-state index contributed by atoms with van der Waals surface area (Å²) in [6.45, 7) is 4.68. The zero-order valence-electron chi connectivity index (χ0n) is 8.50. The van der Waals surface area contributed by atoms with Gasteiger partial charge in [0, 0.05) is 13.2 Å². The highest BCUT2D eigenvalue weighted by Gasteiger charge is 2.11. The fourth-order valence-electron chi connectivity index (χ4n) is 1.60. The first kappa shape index (κ1) is 10.6. The molecule has 13 heavy (non-hydrogen) atoms. The molecule has 1 aliphatic heterocycles. The lowest BCUT2D eigenvalue weighted by atomic mass is 10.0. The minimum atomic E-state index is 0.716. The Morgan fingerprint density at radius 1 is 1.46 bits per heavy atom. The van der Waals surface area contributed by atoms with E-state index in [1.54, 1.807) is 6.26 Å². The molecule has 1 heterocycles. The molecule has 0 aromatic rings. The Hall–Kier alpha value is -0.500. The van der Waals surface area contributed by atoms with Crippen molar-refractivity contribution in [3.05, 3.63) is 12.3 Å². The predicted octanol–water partition coefficient (Wildman–Crippen LogP) is 2.74. The monoisotopic (exact) mass is 184 g/mol. The maximum atomic E-state index is 5.49. The van der Waals surface area contributed by atoms with Crippen molar-refractivity contribution in [3.63, 3.8) is 0 Å². The minimum Gasteiger partial charge on any atom is -0.502 e. The molecule has 1 fully saturated rings. The van der Waals surface area contributed by atoms with Crippen molar-refractivity contribution >= 4 is 0 Å². The van der Waals surface area contributed by atoms with Gasteiger partial charge in [-0.15, -0.1) is 0 Å². The van der Waals surface area contributed by atoms with Gasteiger partial charge >= 0.3 is 0 Å². The molecular formula is C11H20O2. The van der Waals surface area contributed by atoms with Gasteiger partial charge in [-0.1, -0.05) is 12.5 Å². The van der Waals surface area contributed by atoms with E-state index in [0.717, 1.165) is 26.2 Å². The van der Waals surface area contributed by atoms with Crippen molar-refractivity contribution < 1.29 is 9.47 Å². The third-order valence-corrected chi connectivity index (χ3v) is 2.38. The summed E-state index contributed by atoms with van der Waals surface area (Å²) in [5.41, 5.74) is 0. The van der Waals surface area contributed by atoms with Gasteiger partial charge in [0.1, 0.15) is 0 Å². The Balaban J connectivity index is 2.04. The predicted molar refractivity (Wildman–Crippen MR) is 53.5 cm³/mol. The van der Waals surface area contributed by atoms with Crippen LogP contribution in [-0.2, 0) is 9.47 Å². The van der Waals surface area contributed by atoms with Crippen molar-refractivity contribution in [2.75, 3.05) is 19.8 Å². The number of hydrogen-bond donors (Lipinski definition) is 0. The summed E-state index contributed by atoms with van der Waals surface area (Å²) in [6, 6.07) is 0. The van der Waals surface area contributed by atoms with Gasteiger partial charge in [0.25, 0.3) is 0 Å². The fraction of sp³-hybridized carbons (Fsp3) is 0.818. The topological polar surface area (TPSA) is 18.5 Å². The molecule has 76 valence electrons. The van der Waals surface area contributed by atoms with Crippen LogP contribution in [0.2, 0.25) is 0 Å². The molecule has 0 bridgehead atoms. The molecule has 0 radical (unpaired) electrons. The van der Waals surface area contributed by atoms with Crippen LogP contribution in [0, 0.1) is 5.92 Å². The Morgan fingerprint density at radius 2 is 2.38 bits per heavy atom. The second-order valence-electron chi connectivity index (χ2n) is 3.57. The van der Waals surface area contributed by atoms with E-state index in [1.807, 2.05) is 13.0 Å². The van der Waals surface area contributed by atoms with Gasteiger partial charge in [0.2, 0.25) is 0 Å². The molecule has 2 nitrogen and oxygen atoms in total. The summed E-state index contributed by atoms with van der Waals surface area (Å²) in [4.78, 5) is 0. The third-order valence-electron chi connectivity index (χ3n) is 2.38. The number of hydrogen-bond acceptors (Lipinski definition) is 2. The van der Waals surface area contributed by atoms with E-state index in [4.69, 9.17) is 9.47 Å². The molecule has 2 heteroatoms. The number of ether oxygens (including phenoxy) is 2. The van der Waals surface area contributed by atoms with Crippen LogP contribution in [0.5, 0.6) is 0 Å². The average Bonchev–Trinajstić information content (AvgIpc) is 2.41. The Bertz CT molecular complexity index is 135. The van der Waals surface area contributed by atoms with Crippen molar-refractivity contribution in [2.24, 2.45) is 5.92 Å². The molecule has 1 rings (SSSR count). The normalized spacial score (nSPS) is 24.5. The van der Waals surface area contributed by atoms with Crippen LogP contribution in [0.4, 0.5) is 0 Å². The number of allylic oxidation sites excluding steroid dienone is 1. The van der Waals surface area contributed by atoms with Crippen LogP contribution in [0.15, 0.2) is 12.3 Å². The zero-order valence-corrected chi connectivity index (χ0v) is 8.50. The van der Waals surface area contributed by atoms with Crippen molar-refractivity contribution in [2.45, 2.75) is 32.6 Å². The highest BCUT2D eigenvalue weighted by Crippen LogP contribution is 2.17. The molecule has 0 N–H and O–H groups in total. The minimum absolute atomic E-state index is 0.716. The molecular weight excluding hydrogens is 164 g/mol. The van der Waals surface area contributed by atoms with Crippen LogP contribution in [0.25, 0.3) is 0 Å². The molecule has 0 amide bonds. The smallest absolute Gasteiger partial charge is 0.0876 e. The highest BCUT2D eigenvalue weighted by atomic mass is 16.5. The molecule has 1 unspecified atom stereocenters. The molecule has 1 atom stereocenters. The molecule has 0 aromatic carbocycles. The first-order valence-electron chi connectivity index (χ1n) is 5.24. The summed E-state index contributed by atoms with van der Waals surface area (Å²) in [7, 11) is 0. The third kappa shape index (κ3) is 4.94. The Morgan fingerprint density at radius 3 is 3.23 bits per heavy atom. The summed E-state index contributed by atoms with van der Waals surface area (Å²) in [5, 5.41) is 0. The van der Waals surface area contributed by atoms with Crippen LogP contribution >= 0.6 is 0 Å². The van der Waals surface area contributed by atoms with Crippen LogP contribution < -0.4 is 0 Å². The lowest BCUT2D eigenvalue weighted by Gasteiger charge is -2.12. The molecule has 1 aliphatic rings. The molecule has 0 spiro atoms. The lowest BCUT2D eigenvalue weighted by Crippen LogP contribution is -2.09. The molecule has 0 aromatic heterocycles. The largest absolute Gasteiger partial charge is 0.502 e. The summed E-state index contributed by atoms with van der Waals surface area (Å²) < 4.78 is 10.8. The maximum absolute atomic E-state index is 5.49. The Labute approximate surface area is 80.9 Å². The van der Waals surface area contributed by atoms with E-state index in [9.17, 15) is 0 Å². The molecule has 0 aliphatic carbocycles. The summed E-state index contributed by atoms with van der Waals surface area (Å²) >= 11 is 0. The Kier molecular flexibility index (Phi) is 5.66. The standard InChI is InChI=1S/C11H20O2/c1-2-7-12-9-6-11-5-3-4-8-13-10-11/h2,7,11H,3-6,8-10H2,1H3/b7-2+. The highest BCUT2D eigenvalue weighted by molar-refractivity contribution is 4.67. The van der Waals surface area contributed by atoms with E-state index in [1.165, 1.54) is 19.3 Å². The van der Waals surface area contributed by atoms with Gasteiger partial charge in [-0.3, -0.25) is 0 Å². The summed E-state index contributed by atoms with van der Waals surface area (Å²) in [6.07, 6.45) is 8.66. The van der Waals surface area contributed by atoms with Crippen LogP contribution in [-0.4, -0.2) is 19.8 Å². The SMILES string of the molecule is C/C=C/OCCC1CCCCOC1. The first-order valence-corrected chi connectivity index (χ1v) is 5.24.